The quantitative estimate of drug-likeness (QED) is 0.318. The zero-order chi connectivity index (χ0) is 20.2. The number of benzene rings is 3. The molecule has 0 fully saturated rings. The monoisotopic (exact) mass is 493 g/mol. The molecule has 4 aromatic rings. The molecule has 0 saturated carbocycles. The number of para-hydroxylation sites is 1. The van der Waals surface area contributed by atoms with Crippen LogP contribution in [-0.2, 0) is 0 Å². The molecule has 0 radical (unpaired) electrons. The second-order valence-electron chi connectivity index (χ2n) is 7.60. The van der Waals surface area contributed by atoms with E-state index in [9.17, 15) is 0 Å². The van der Waals surface area contributed by atoms with Gasteiger partial charge in [0.25, 0.3) is 0 Å². The molecular formula is C24H17BrClN3S. The first-order chi connectivity index (χ1) is 14.7. The second kappa shape index (κ2) is 7.19. The average molecular weight is 495 g/mol. The number of halogens is 2. The van der Waals surface area contributed by atoms with Crippen molar-refractivity contribution in [1.29, 1.82) is 0 Å². The smallest absolute Gasteiger partial charge is 0.0888 e. The van der Waals surface area contributed by atoms with Crippen molar-refractivity contribution in [3.05, 3.63) is 93.5 Å². The molecule has 1 aromatic heterocycles. The summed E-state index contributed by atoms with van der Waals surface area (Å²) >= 11 is 11.9. The fourth-order valence-electron chi connectivity index (χ4n) is 4.51. The zero-order valence-corrected chi connectivity index (χ0v) is 19.0. The van der Waals surface area contributed by atoms with Gasteiger partial charge in [-0.25, -0.2) is 0 Å². The molecule has 3 aromatic carbocycles. The number of H-pyrrole nitrogens is 1. The average Bonchev–Trinajstić information content (AvgIpc) is 3.35. The lowest BCUT2D eigenvalue weighted by Gasteiger charge is -2.30. The third-order valence-electron chi connectivity index (χ3n) is 5.86. The van der Waals surface area contributed by atoms with Crippen LogP contribution >= 0.6 is 39.3 Å². The van der Waals surface area contributed by atoms with E-state index < -0.39 is 0 Å². The van der Waals surface area contributed by atoms with Gasteiger partial charge < -0.3 is 4.98 Å². The minimum atomic E-state index is 0.116. The Morgan fingerprint density at radius 2 is 1.93 bits per heavy atom. The lowest BCUT2D eigenvalue weighted by atomic mass is 9.87. The van der Waals surface area contributed by atoms with E-state index in [4.69, 9.17) is 16.7 Å². The van der Waals surface area contributed by atoms with Gasteiger partial charge in [-0.15, -0.1) is 11.8 Å². The molecule has 2 unspecified atom stereocenters. The van der Waals surface area contributed by atoms with Crippen molar-refractivity contribution in [2.24, 2.45) is 11.0 Å². The molecule has 6 heteroatoms. The molecule has 30 heavy (non-hydrogen) atoms. The number of aromatic amines is 1. The minimum Gasteiger partial charge on any atom is -0.361 e. The maximum atomic E-state index is 6.36. The third-order valence-corrected chi connectivity index (χ3v) is 7.78. The maximum Gasteiger partial charge on any atom is 0.0888 e. The van der Waals surface area contributed by atoms with E-state index in [0.717, 1.165) is 37.7 Å². The third kappa shape index (κ3) is 2.91. The van der Waals surface area contributed by atoms with E-state index in [1.54, 1.807) is 0 Å². The van der Waals surface area contributed by atoms with E-state index in [-0.39, 0.29) is 12.0 Å². The molecule has 1 N–H and O–H groups in total. The fraction of sp³-hybridized carbons (Fsp3) is 0.125. The number of anilines is 1. The van der Waals surface area contributed by atoms with Gasteiger partial charge in [0.15, 0.2) is 0 Å². The number of hydrazone groups is 1. The molecule has 3 nitrogen and oxygen atoms in total. The summed E-state index contributed by atoms with van der Waals surface area (Å²) in [5.74, 6) is 1.27. The Hall–Kier alpha value is -2.21. The van der Waals surface area contributed by atoms with Crippen LogP contribution < -0.4 is 5.01 Å². The molecule has 148 valence electrons. The van der Waals surface area contributed by atoms with Crippen molar-refractivity contribution in [2.75, 3.05) is 10.8 Å². The number of rotatable bonds is 2. The number of aromatic nitrogens is 1. The highest BCUT2D eigenvalue weighted by molar-refractivity contribution is 9.10. The SMILES string of the molecule is Clc1ccc2c(c1)C1=NN(c3ccccc3)C(c3c[nH]c4ccc(Br)cc34)C1CS2. The molecule has 0 bridgehead atoms. The second-order valence-corrected chi connectivity index (χ2v) is 10.0. The van der Waals surface area contributed by atoms with Crippen molar-refractivity contribution in [2.45, 2.75) is 10.9 Å². The summed E-state index contributed by atoms with van der Waals surface area (Å²) in [5.41, 5.74) is 5.80. The Kier molecular flexibility index (Phi) is 4.44. The van der Waals surface area contributed by atoms with Gasteiger partial charge in [-0.2, -0.15) is 5.10 Å². The number of nitrogens with one attached hydrogen (secondary N) is 1. The van der Waals surface area contributed by atoms with Gasteiger partial charge in [-0.05, 0) is 48.5 Å². The van der Waals surface area contributed by atoms with E-state index in [1.807, 2.05) is 23.9 Å². The predicted molar refractivity (Wildman–Crippen MR) is 130 cm³/mol. The topological polar surface area (TPSA) is 31.4 Å². The van der Waals surface area contributed by atoms with E-state index in [2.05, 4.69) is 86.7 Å². The highest BCUT2D eigenvalue weighted by Crippen LogP contribution is 2.48. The first kappa shape index (κ1) is 18.6. The van der Waals surface area contributed by atoms with Gasteiger partial charge in [0.05, 0.1) is 17.4 Å². The van der Waals surface area contributed by atoms with Crippen LogP contribution in [0.4, 0.5) is 5.69 Å². The molecule has 0 saturated heterocycles. The summed E-state index contributed by atoms with van der Waals surface area (Å²) in [4.78, 5) is 4.72. The molecule has 3 heterocycles. The molecule has 2 aliphatic rings. The van der Waals surface area contributed by atoms with Crippen LogP contribution in [0.3, 0.4) is 0 Å². The van der Waals surface area contributed by atoms with Gasteiger partial charge in [-0.1, -0.05) is 45.7 Å². The van der Waals surface area contributed by atoms with E-state index in [0.29, 0.717) is 0 Å². The Balaban J connectivity index is 1.56. The van der Waals surface area contributed by atoms with Crippen molar-refractivity contribution >= 4 is 61.6 Å². The highest BCUT2D eigenvalue weighted by atomic mass is 79.9. The number of thioether (sulfide) groups is 1. The minimum absolute atomic E-state index is 0.116. The van der Waals surface area contributed by atoms with Crippen molar-refractivity contribution in [1.82, 2.24) is 4.98 Å². The molecule has 2 atom stereocenters. The summed E-state index contributed by atoms with van der Waals surface area (Å²) in [7, 11) is 0. The molecule has 6 rings (SSSR count). The summed E-state index contributed by atoms with van der Waals surface area (Å²) in [6, 6.07) is 23.1. The van der Waals surface area contributed by atoms with Crippen LogP contribution in [-0.4, -0.2) is 16.4 Å². The Morgan fingerprint density at radius 1 is 1.07 bits per heavy atom. The number of nitrogens with zero attached hydrogens (tertiary/aromatic N) is 2. The Morgan fingerprint density at radius 3 is 2.80 bits per heavy atom. The van der Waals surface area contributed by atoms with Crippen molar-refractivity contribution in [3.63, 3.8) is 0 Å². The fourth-order valence-corrected chi connectivity index (χ4v) is 6.23. The summed E-state index contributed by atoms with van der Waals surface area (Å²) < 4.78 is 1.08. The standard InChI is InChI=1S/C24H17BrClN3S/c25-14-6-8-21-17(10-14)19(12-27-21)24-20-13-30-22-9-7-15(26)11-18(22)23(20)28-29(24)16-4-2-1-3-5-16/h1-12,20,24,27H,13H2. The predicted octanol–water partition coefficient (Wildman–Crippen LogP) is 7.27. The lowest BCUT2D eigenvalue weighted by Crippen LogP contribution is -2.29. The summed E-state index contributed by atoms with van der Waals surface area (Å²) in [6.07, 6.45) is 2.15. The van der Waals surface area contributed by atoms with Crippen molar-refractivity contribution < 1.29 is 0 Å². The van der Waals surface area contributed by atoms with Crippen LogP contribution in [0.1, 0.15) is 17.2 Å². The number of hydrogen-bond donors (Lipinski definition) is 1. The summed E-state index contributed by atoms with van der Waals surface area (Å²) in [6.45, 7) is 0. The first-order valence-electron chi connectivity index (χ1n) is 9.81. The number of hydrogen-bond acceptors (Lipinski definition) is 3. The molecule has 0 aliphatic carbocycles. The largest absolute Gasteiger partial charge is 0.361 e. The van der Waals surface area contributed by atoms with E-state index >= 15 is 0 Å². The molecule has 0 amide bonds. The van der Waals surface area contributed by atoms with Gasteiger partial charge in [-0.3, -0.25) is 5.01 Å². The van der Waals surface area contributed by atoms with Gasteiger partial charge in [0.2, 0.25) is 0 Å². The normalized spacial score (nSPS) is 20.2. The Labute approximate surface area is 192 Å². The van der Waals surface area contributed by atoms with Crippen LogP contribution in [0.15, 0.2) is 87.4 Å². The summed E-state index contributed by atoms with van der Waals surface area (Å²) in [5, 5.41) is 9.36. The zero-order valence-electron chi connectivity index (χ0n) is 15.8. The molecule has 0 spiro atoms. The molecular weight excluding hydrogens is 478 g/mol. The van der Waals surface area contributed by atoms with Crippen LogP contribution in [0.25, 0.3) is 10.9 Å². The van der Waals surface area contributed by atoms with Gasteiger partial charge >= 0.3 is 0 Å². The lowest BCUT2D eigenvalue weighted by molar-refractivity contribution is 0.597. The highest BCUT2D eigenvalue weighted by Gasteiger charge is 2.43. The van der Waals surface area contributed by atoms with Crippen LogP contribution in [0, 0.1) is 5.92 Å². The number of fused-ring (bicyclic) bond motifs is 4. The van der Waals surface area contributed by atoms with Crippen molar-refractivity contribution in [3.8, 4) is 0 Å². The Bertz CT molecular complexity index is 1300. The molecule has 2 aliphatic heterocycles. The van der Waals surface area contributed by atoms with Gasteiger partial charge in [0, 0.05) is 54.3 Å². The van der Waals surface area contributed by atoms with E-state index in [1.165, 1.54) is 15.8 Å². The van der Waals surface area contributed by atoms with Crippen LogP contribution in [0.2, 0.25) is 5.02 Å². The van der Waals surface area contributed by atoms with Gasteiger partial charge in [0.1, 0.15) is 0 Å². The maximum absolute atomic E-state index is 6.36. The first-order valence-corrected chi connectivity index (χ1v) is 12.0. The van der Waals surface area contributed by atoms with Crippen LogP contribution in [0.5, 0.6) is 0 Å².